The van der Waals surface area contributed by atoms with E-state index in [2.05, 4.69) is 27.7 Å². The molecule has 3 heteroatoms. The lowest BCUT2D eigenvalue weighted by atomic mass is 9.97. The van der Waals surface area contributed by atoms with Gasteiger partial charge in [0.15, 0.2) is 0 Å². The van der Waals surface area contributed by atoms with E-state index >= 15 is 0 Å². The quantitative estimate of drug-likeness (QED) is 0.748. The van der Waals surface area contributed by atoms with Crippen LogP contribution in [-0.4, -0.2) is 36.1 Å². The van der Waals surface area contributed by atoms with Crippen LogP contribution in [0.5, 0.6) is 0 Å². The minimum absolute atomic E-state index is 0.0776. The van der Waals surface area contributed by atoms with E-state index in [1.54, 1.807) is 0 Å². The Bertz CT molecular complexity index is 214. The van der Waals surface area contributed by atoms with Gasteiger partial charge in [-0.2, -0.15) is 0 Å². The molecular weight excluding hydrogens is 216 g/mol. The Morgan fingerprint density at radius 1 is 1.41 bits per heavy atom. The van der Waals surface area contributed by atoms with Crippen molar-refractivity contribution >= 4 is 0 Å². The van der Waals surface area contributed by atoms with Crippen LogP contribution in [0.15, 0.2) is 0 Å². The molecule has 0 spiro atoms. The molecule has 0 aromatic rings. The zero-order valence-corrected chi connectivity index (χ0v) is 11.7. The summed E-state index contributed by atoms with van der Waals surface area (Å²) in [5, 5.41) is 9.35. The molecular formula is C14H28O3. The Morgan fingerprint density at radius 2 is 2.12 bits per heavy atom. The molecule has 2 atom stereocenters. The van der Waals surface area contributed by atoms with E-state index in [9.17, 15) is 5.11 Å². The van der Waals surface area contributed by atoms with Gasteiger partial charge in [0.05, 0.1) is 31.0 Å². The first-order valence-corrected chi connectivity index (χ1v) is 6.82. The molecule has 17 heavy (non-hydrogen) atoms. The predicted octanol–water partition coefficient (Wildman–Crippen LogP) is 2.76. The molecule has 0 aliphatic carbocycles. The molecule has 0 saturated carbocycles. The van der Waals surface area contributed by atoms with Gasteiger partial charge in [0, 0.05) is 6.42 Å². The third kappa shape index (κ3) is 6.39. The second kappa shape index (κ2) is 6.72. The number of aliphatic hydroxyl groups is 1. The lowest BCUT2D eigenvalue weighted by Gasteiger charge is -2.27. The molecule has 1 rings (SSSR count). The third-order valence-corrected chi connectivity index (χ3v) is 3.28. The fourth-order valence-electron chi connectivity index (χ4n) is 2.13. The van der Waals surface area contributed by atoms with Crippen molar-refractivity contribution in [2.75, 3.05) is 13.2 Å². The van der Waals surface area contributed by atoms with Crippen LogP contribution in [0.2, 0.25) is 0 Å². The minimum atomic E-state index is -0.298. The van der Waals surface area contributed by atoms with Gasteiger partial charge < -0.3 is 14.6 Å². The first kappa shape index (κ1) is 14.9. The lowest BCUT2D eigenvalue weighted by Crippen LogP contribution is -2.29. The number of hydrogen-bond donors (Lipinski definition) is 1. The summed E-state index contributed by atoms with van der Waals surface area (Å²) < 4.78 is 11.3. The molecule has 0 bridgehead atoms. The van der Waals surface area contributed by atoms with E-state index in [1.807, 2.05) is 0 Å². The first-order chi connectivity index (χ1) is 7.89. The Morgan fingerprint density at radius 3 is 2.65 bits per heavy atom. The van der Waals surface area contributed by atoms with Gasteiger partial charge in [-0.3, -0.25) is 0 Å². The number of aliphatic hydroxyl groups excluding tert-OH is 1. The molecule has 1 fully saturated rings. The smallest absolute Gasteiger partial charge is 0.0835 e. The van der Waals surface area contributed by atoms with E-state index in [0.717, 1.165) is 12.3 Å². The standard InChI is InChI=1S/C14H28O3/c1-11(2)6-5-7-14(3,4)17-10-13-8-12(15)9-16-13/h11-13,15H,5-10H2,1-4H3. The second-order valence-corrected chi connectivity index (χ2v) is 6.20. The van der Waals surface area contributed by atoms with Crippen molar-refractivity contribution in [2.24, 2.45) is 5.92 Å². The Kier molecular flexibility index (Phi) is 5.90. The van der Waals surface area contributed by atoms with Crippen molar-refractivity contribution in [3.63, 3.8) is 0 Å². The maximum atomic E-state index is 9.35. The van der Waals surface area contributed by atoms with Gasteiger partial charge in [-0.15, -0.1) is 0 Å². The molecule has 0 amide bonds. The molecule has 1 heterocycles. The van der Waals surface area contributed by atoms with Crippen LogP contribution in [-0.2, 0) is 9.47 Å². The van der Waals surface area contributed by atoms with Crippen molar-refractivity contribution in [3.05, 3.63) is 0 Å². The average molecular weight is 244 g/mol. The SMILES string of the molecule is CC(C)CCCC(C)(C)OCC1CC(O)CO1. The molecule has 3 nitrogen and oxygen atoms in total. The fourth-order valence-corrected chi connectivity index (χ4v) is 2.13. The second-order valence-electron chi connectivity index (χ2n) is 6.20. The molecule has 1 aliphatic rings. The molecule has 102 valence electrons. The summed E-state index contributed by atoms with van der Waals surface area (Å²) in [5.74, 6) is 0.763. The molecule has 0 radical (unpaired) electrons. The van der Waals surface area contributed by atoms with Gasteiger partial charge >= 0.3 is 0 Å². The molecule has 2 unspecified atom stereocenters. The number of rotatable bonds is 7. The molecule has 1 saturated heterocycles. The minimum Gasteiger partial charge on any atom is -0.391 e. The maximum absolute atomic E-state index is 9.35. The van der Waals surface area contributed by atoms with Gasteiger partial charge in [0.1, 0.15) is 0 Å². The van der Waals surface area contributed by atoms with Crippen LogP contribution < -0.4 is 0 Å². The third-order valence-electron chi connectivity index (χ3n) is 3.28. The van der Waals surface area contributed by atoms with Crippen LogP contribution in [0.3, 0.4) is 0 Å². The van der Waals surface area contributed by atoms with Gasteiger partial charge in [-0.05, 0) is 26.2 Å². The van der Waals surface area contributed by atoms with Crippen molar-refractivity contribution in [3.8, 4) is 0 Å². The zero-order chi connectivity index (χ0) is 12.9. The fraction of sp³-hybridized carbons (Fsp3) is 1.00. The van der Waals surface area contributed by atoms with Crippen molar-refractivity contribution in [1.29, 1.82) is 0 Å². The van der Waals surface area contributed by atoms with Crippen molar-refractivity contribution in [2.45, 2.75) is 71.2 Å². The normalized spacial score (nSPS) is 25.8. The highest BCUT2D eigenvalue weighted by Gasteiger charge is 2.26. The van der Waals surface area contributed by atoms with E-state index in [0.29, 0.717) is 19.6 Å². The van der Waals surface area contributed by atoms with Gasteiger partial charge in [0.2, 0.25) is 0 Å². The van der Waals surface area contributed by atoms with E-state index in [1.165, 1.54) is 12.8 Å². The van der Waals surface area contributed by atoms with Crippen LogP contribution in [0.25, 0.3) is 0 Å². The summed E-state index contributed by atoms with van der Waals surface area (Å²) in [6.07, 6.45) is 4.04. The maximum Gasteiger partial charge on any atom is 0.0835 e. The average Bonchev–Trinajstić information content (AvgIpc) is 2.61. The van der Waals surface area contributed by atoms with Crippen molar-refractivity contribution < 1.29 is 14.6 Å². The lowest BCUT2D eigenvalue weighted by molar-refractivity contribution is -0.0698. The molecule has 0 aromatic carbocycles. The van der Waals surface area contributed by atoms with Gasteiger partial charge in [-0.1, -0.05) is 26.7 Å². The Hall–Kier alpha value is -0.120. The number of hydrogen-bond acceptors (Lipinski definition) is 3. The highest BCUT2D eigenvalue weighted by molar-refractivity contribution is 4.75. The molecule has 0 aromatic heterocycles. The summed E-state index contributed by atoms with van der Waals surface area (Å²) >= 11 is 0. The van der Waals surface area contributed by atoms with Crippen molar-refractivity contribution in [1.82, 2.24) is 0 Å². The number of ether oxygens (including phenoxy) is 2. The summed E-state index contributed by atoms with van der Waals surface area (Å²) in [5.41, 5.74) is -0.0776. The predicted molar refractivity (Wildman–Crippen MR) is 69.1 cm³/mol. The van der Waals surface area contributed by atoms with Crippen LogP contribution in [0, 0.1) is 5.92 Å². The summed E-state index contributed by atoms with van der Waals surface area (Å²) in [7, 11) is 0. The highest BCUT2D eigenvalue weighted by Crippen LogP contribution is 2.22. The first-order valence-electron chi connectivity index (χ1n) is 6.82. The molecule has 1 N–H and O–H groups in total. The summed E-state index contributed by atoms with van der Waals surface area (Å²) in [6.45, 7) is 9.84. The highest BCUT2D eigenvalue weighted by atomic mass is 16.6. The van der Waals surface area contributed by atoms with E-state index in [-0.39, 0.29) is 17.8 Å². The monoisotopic (exact) mass is 244 g/mol. The summed E-state index contributed by atoms with van der Waals surface area (Å²) in [4.78, 5) is 0. The zero-order valence-electron chi connectivity index (χ0n) is 11.7. The summed E-state index contributed by atoms with van der Waals surface area (Å²) in [6, 6.07) is 0. The van der Waals surface area contributed by atoms with Crippen LogP contribution in [0.1, 0.15) is 53.4 Å². The Balaban J connectivity index is 2.15. The molecule has 1 aliphatic heterocycles. The Labute approximate surface area is 105 Å². The van der Waals surface area contributed by atoms with Gasteiger partial charge in [0.25, 0.3) is 0 Å². The topological polar surface area (TPSA) is 38.7 Å². The van der Waals surface area contributed by atoms with Crippen LogP contribution in [0.4, 0.5) is 0 Å². The largest absolute Gasteiger partial charge is 0.391 e. The van der Waals surface area contributed by atoms with Crippen LogP contribution >= 0.6 is 0 Å². The van der Waals surface area contributed by atoms with Gasteiger partial charge in [-0.25, -0.2) is 0 Å². The van der Waals surface area contributed by atoms with E-state index in [4.69, 9.17) is 9.47 Å². The van der Waals surface area contributed by atoms with E-state index < -0.39 is 0 Å².